The molecule has 1 amide bonds. The maximum atomic E-state index is 13.1. The van der Waals surface area contributed by atoms with Gasteiger partial charge in [0.25, 0.3) is 5.82 Å². The summed E-state index contributed by atoms with van der Waals surface area (Å²) in [6, 6.07) is 8.99. The van der Waals surface area contributed by atoms with Gasteiger partial charge in [0, 0.05) is 31.7 Å². The Bertz CT molecular complexity index is 1120. The van der Waals surface area contributed by atoms with Gasteiger partial charge in [-0.15, -0.1) is 15.3 Å². The summed E-state index contributed by atoms with van der Waals surface area (Å²) in [5.41, 5.74) is 3.13. The molecule has 31 heavy (non-hydrogen) atoms. The van der Waals surface area contributed by atoms with Crippen LogP contribution in [-0.2, 0) is 11.0 Å². The highest BCUT2D eigenvalue weighted by molar-refractivity contribution is 5.95. The van der Waals surface area contributed by atoms with Gasteiger partial charge in [0.2, 0.25) is 5.91 Å². The highest BCUT2D eigenvalue weighted by atomic mass is 19.4. The molecule has 1 aliphatic heterocycles. The van der Waals surface area contributed by atoms with Crippen LogP contribution in [0.3, 0.4) is 0 Å². The van der Waals surface area contributed by atoms with E-state index in [1.807, 2.05) is 36.9 Å². The number of carbonyl (C=O) groups excluding carboxylic acids is 1. The van der Waals surface area contributed by atoms with E-state index in [4.69, 9.17) is 0 Å². The Kier molecular flexibility index (Phi) is 5.32. The quantitative estimate of drug-likeness (QED) is 0.632. The van der Waals surface area contributed by atoms with Crippen LogP contribution in [0.4, 0.5) is 24.7 Å². The lowest BCUT2D eigenvalue weighted by Crippen LogP contribution is -2.42. The fourth-order valence-corrected chi connectivity index (χ4v) is 3.97. The number of anilines is 2. The summed E-state index contributed by atoms with van der Waals surface area (Å²) < 4.78 is 40.1. The number of benzene rings is 1. The van der Waals surface area contributed by atoms with Crippen molar-refractivity contribution in [3.05, 3.63) is 47.3 Å². The Morgan fingerprint density at radius 1 is 1.10 bits per heavy atom. The second-order valence-electron chi connectivity index (χ2n) is 7.86. The van der Waals surface area contributed by atoms with Crippen LogP contribution in [0.15, 0.2) is 30.3 Å². The number of nitrogens with zero attached hydrogens (tertiary/aromatic N) is 6. The fourth-order valence-electron chi connectivity index (χ4n) is 3.97. The first-order valence-corrected chi connectivity index (χ1v) is 10.0. The number of piperidine rings is 1. The minimum absolute atomic E-state index is 0.0382. The molecule has 1 fully saturated rings. The minimum Gasteiger partial charge on any atom is -0.355 e. The van der Waals surface area contributed by atoms with Gasteiger partial charge in [-0.1, -0.05) is 12.1 Å². The second kappa shape index (κ2) is 7.82. The summed E-state index contributed by atoms with van der Waals surface area (Å²) >= 11 is 0. The van der Waals surface area contributed by atoms with E-state index in [2.05, 4.69) is 15.3 Å². The lowest BCUT2D eigenvalue weighted by atomic mass is 9.94. The SMILES string of the molecule is Cc1cccc(N(C)C(=O)C2CCN(c3ccc4nnc(C(F)(F)F)n4n3)CC2)c1C. The molecule has 0 spiro atoms. The molecule has 4 rings (SSSR count). The maximum Gasteiger partial charge on any atom is 0.453 e. The smallest absolute Gasteiger partial charge is 0.355 e. The Balaban J connectivity index is 1.47. The largest absolute Gasteiger partial charge is 0.453 e. The molecule has 0 N–H and O–H groups in total. The van der Waals surface area contributed by atoms with Gasteiger partial charge in [0.15, 0.2) is 5.65 Å². The second-order valence-corrected chi connectivity index (χ2v) is 7.86. The van der Waals surface area contributed by atoms with E-state index < -0.39 is 12.0 Å². The summed E-state index contributed by atoms with van der Waals surface area (Å²) in [6.45, 7) is 5.07. The van der Waals surface area contributed by atoms with Crippen LogP contribution in [-0.4, -0.2) is 45.9 Å². The minimum atomic E-state index is -4.64. The van der Waals surface area contributed by atoms with Crippen molar-refractivity contribution in [1.29, 1.82) is 0 Å². The first-order chi connectivity index (χ1) is 14.7. The molecule has 0 radical (unpaired) electrons. The third-order valence-corrected chi connectivity index (χ3v) is 5.94. The van der Waals surface area contributed by atoms with Crippen molar-refractivity contribution in [2.45, 2.75) is 32.9 Å². The first kappa shape index (κ1) is 21.1. The number of carbonyl (C=O) groups is 1. The van der Waals surface area contributed by atoms with Crippen LogP contribution in [0.1, 0.15) is 29.8 Å². The molecule has 3 heterocycles. The van der Waals surface area contributed by atoms with Crippen molar-refractivity contribution in [1.82, 2.24) is 19.8 Å². The monoisotopic (exact) mass is 432 g/mol. The number of rotatable bonds is 3. The van der Waals surface area contributed by atoms with E-state index in [-0.39, 0.29) is 17.5 Å². The average molecular weight is 432 g/mol. The van der Waals surface area contributed by atoms with Crippen LogP contribution < -0.4 is 9.80 Å². The van der Waals surface area contributed by atoms with E-state index in [0.717, 1.165) is 21.3 Å². The molecular formula is C21H23F3N6O. The van der Waals surface area contributed by atoms with Crippen molar-refractivity contribution in [2.75, 3.05) is 29.9 Å². The molecule has 1 saturated heterocycles. The summed E-state index contributed by atoms with van der Waals surface area (Å²) in [5.74, 6) is -0.836. The predicted molar refractivity (Wildman–Crippen MR) is 110 cm³/mol. The summed E-state index contributed by atoms with van der Waals surface area (Å²) in [7, 11) is 1.79. The van der Waals surface area contributed by atoms with Gasteiger partial charge in [-0.3, -0.25) is 4.79 Å². The Morgan fingerprint density at radius 3 is 2.48 bits per heavy atom. The van der Waals surface area contributed by atoms with E-state index >= 15 is 0 Å². The van der Waals surface area contributed by atoms with E-state index in [1.54, 1.807) is 18.0 Å². The summed E-state index contributed by atoms with van der Waals surface area (Å²) in [5, 5.41) is 10.8. The van der Waals surface area contributed by atoms with Crippen LogP contribution in [0, 0.1) is 19.8 Å². The number of alkyl halides is 3. The normalized spacial score (nSPS) is 15.5. The van der Waals surface area contributed by atoms with Crippen LogP contribution in [0.5, 0.6) is 0 Å². The number of hydrogen-bond acceptors (Lipinski definition) is 5. The molecule has 164 valence electrons. The van der Waals surface area contributed by atoms with E-state index in [1.165, 1.54) is 6.07 Å². The molecular weight excluding hydrogens is 409 g/mol. The van der Waals surface area contributed by atoms with E-state index in [0.29, 0.717) is 31.7 Å². The maximum absolute atomic E-state index is 13.1. The molecule has 10 heteroatoms. The Labute approximate surface area is 177 Å². The number of amides is 1. The molecule has 1 aliphatic rings. The van der Waals surface area contributed by atoms with Gasteiger partial charge in [-0.25, -0.2) is 0 Å². The first-order valence-electron chi connectivity index (χ1n) is 10.0. The molecule has 0 saturated carbocycles. The summed E-state index contributed by atoms with van der Waals surface area (Å²) in [4.78, 5) is 16.6. The van der Waals surface area contributed by atoms with Crippen molar-refractivity contribution in [2.24, 2.45) is 5.92 Å². The van der Waals surface area contributed by atoms with Crippen molar-refractivity contribution < 1.29 is 18.0 Å². The van der Waals surface area contributed by atoms with Gasteiger partial charge in [-0.05, 0) is 56.0 Å². The number of aromatic nitrogens is 4. The topological polar surface area (TPSA) is 66.6 Å². The highest BCUT2D eigenvalue weighted by Gasteiger charge is 2.38. The zero-order valence-electron chi connectivity index (χ0n) is 17.5. The fraction of sp³-hybridized carbons (Fsp3) is 0.429. The lowest BCUT2D eigenvalue weighted by molar-refractivity contribution is -0.146. The molecule has 1 aromatic carbocycles. The van der Waals surface area contributed by atoms with Crippen molar-refractivity contribution in [3.8, 4) is 0 Å². The molecule has 0 atom stereocenters. The molecule has 2 aromatic heterocycles. The number of fused-ring (bicyclic) bond motifs is 1. The Morgan fingerprint density at radius 2 is 1.81 bits per heavy atom. The predicted octanol–water partition coefficient (Wildman–Crippen LogP) is 3.64. The van der Waals surface area contributed by atoms with Gasteiger partial charge in [0.1, 0.15) is 5.82 Å². The van der Waals surface area contributed by atoms with Crippen molar-refractivity contribution in [3.63, 3.8) is 0 Å². The molecule has 0 unspecified atom stereocenters. The Hall–Kier alpha value is -3.17. The molecule has 3 aromatic rings. The van der Waals surface area contributed by atoms with Crippen LogP contribution in [0.2, 0.25) is 0 Å². The zero-order chi connectivity index (χ0) is 22.3. The lowest BCUT2D eigenvalue weighted by Gasteiger charge is -2.34. The van der Waals surface area contributed by atoms with Crippen molar-refractivity contribution >= 4 is 23.1 Å². The average Bonchev–Trinajstić information content (AvgIpc) is 3.18. The summed E-state index contributed by atoms with van der Waals surface area (Å²) in [6.07, 6.45) is -3.44. The van der Waals surface area contributed by atoms with E-state index in [9.17, 15) is 18.0 Å². The highest BCUT2D eigenvalue weighted by Crippen LogP contribution is 2.30. The third kappa shape index (κ3) is 3.94. The van der Waals surface area contributed by atoms with Gasteiger partial charge >= 0.3 is 6.18 Å². The third-order valence-electron chi connectivity index (χ3n) is 5.94. The number of hydrogen-bond donors (Lipinski definition) is 0. The zero-order valence-corrected chi connectivity index (χ0v) is 17.5. The van der Waals surface area contributed by atoms with Crippen LogP contribution in [0.25, 0.3) is 5.65 Å². The van der Waals surface area contributed by atoms with Gasteiger partial charge in [-0.2, -0.15) is 17.7 Å². The number of halogens is 3. The standard InChI is InChI=1S/C21H23F3N6O/c1-13-5-4-6-16(14(13)2)28(3)19(31)15-9-11-29(12-10-15)18-8-7-17-25-26-20(21(22,23)24)30(17)27-18/h4-8,15H,9-12H2,1-3H3. The molecule has 0 bridgehead atoms. The van der Waals surface area contributed by atoms with Crippen LogP contribution >= 0.6 is 0 Å². The number of aryl methyl sites for hydroxylation is 1. The van der Waals surface area contributed by atoms with Gasteiger partial charge in [0.05, 0.1) is 0 Å². The molecule has 0 aliphatic carbocycles. The molecule has 7 nitrogen and oxygen atoms in total. The van der Waals surface area contributed by atoms with Gasteiger partial charge < -0.3 is 9.80 Å².